The molecule has 0 bridgehead atoms. The number of halogens is 3. The number of hydrogen-bond donors (Lipinski definition) is 2. The predicted molar refractivity (Wildman–Crippen MR) is 94.1 cm³/mol. The van der Waals surface area contributed by atoms with Crippen LogP contribution in [0.15, 0.2) is 54.9 Å². The number of carbonyl (C=O) groups is 1. The lowest BCUT2D eigenvalue weighted by Gasteiger charge is -2.08. The van der Waals surface area contributed by atoms with Gasteiger partial charge < -0.3 is 10.6 Å². The Hall–Kier alpha value is -3.42. The Bertz CT molecular complexity index is 910. The van der Waals surface area contributed by atoms with Crippen LogP contribution in [0.4, 0.5) is 24.7 Å². The molecule has 1 aromatic heterocycles. The zero-order valence-electron chi connectivity index (χ0n) is 14.0. The SMILES string of the molecule is O=C(NCCc1ccc(F)cc1)c1cnc(Nc2c(F)cccc2F)cn1. The maximum Gasteiger partial charge on any atom is 0.271 e. The van der Waals surface area contributed by atoms with Crippen molar-refractivity contribution >= 4 is 17.4 Å². The Morgan fingerprint density at radius 3 is 2.26 bits per heavy atom. The topological polar surface area (TPSA) is 66.9 Å². The van der Waals surface area contributed by atoms with Crippen LogP contribution in [0.1, 0.15) is 16.1 Å². The Morgan fingerprint density at radius 1 is 0.926 bits per heavy atom. The Kier molecular flexibility index (Phi) is 5.65. The van der Waals surface area contributed by atoms with Crippen molar-refractivity contribution in [2.45, 2.75) is 6.42 Å². The van der Waals surface area contributed by atoms with E-state index in [1.165, 1.54) is 30.6 Å². The zero-order chi connectivity index (χ0) is 19.2. The molecule has 0 aliphatic carbocycles. The maximum atomic E-state index is 13.6. The fraction of sp³-hybridized carbons (Fsp3) is 0.105. The largest absolute Gasteiger partial charge is 0.350 e. The summed E-state index contributed by atoms with van der Waals surface area (Å²) in [5, 5.41) is 5.16. The second-order valence-electron chi connectivity index (χ2n) is 5.64. The van der Waals surface area contributed by atoms with Crippen LogP contribution in [0.25, 0.3) is 0 Å². The Morgan fingerprint density at radius 2 is 1.63 bits per heavy atom. The van der Waals surface area contributed by atoms with Gasteiger partial charge in [-0.25, -0.2) is 23.1 Å². The Labute approximate surface area is 153 Å². The number of carbonyl (C=O) groups excluding carboxylic acids is 1. The first-order valence-corrected chi connectivity index (χ1v) is 8.08. The van der Waals surface area contributed by atoms with Gasteiger partial charge in [0.25, 0.3) is 5.91 Å². The highest BCUT2D eigenvalue weighted by atomic mass is 19.1. The van der Waals surface area contributed by atoms with E-state index in [4.69, 9.17) is 0 Å². The van der Waals surface area contributed by atoms with E-state index < -0.39 is 17.5 Å². The average molecular weight is 372 g/mol. The highest BCUT2D eigenvalue weighted by Crippen LogP contribution is 2.21. The van der Waals surface area contributed by atoms with E-state index in [2.05, 4.69) is 20.6 Å². The first-order chi connectivity index (χ1) is 13.0. The third-order valence-corrected chi connectivity index (χ3v) is 3.71. The summed E-state index contributed by atoms with van der Waals surface area (Å²) in [5.74, 6) is -2.18. The van der Waals surface area contributed by atoms with Crippen LogP contribution >= 0.6 is 0 Å². The highest BCUT2D eigenvalue weighted by molar-refractivity contribution is 5.92. The summed E-state index contributed by atoms with van der Waals surface area (Å²) in [4.78, 5) is 19.9. The van der Waals surface area contributed by atoms with E-state index in [-0.39, 0.29) is 23.0 Å². The van der Waals surface area contributed by atoms with Crippen molar-refractivity contribution in [3.63, 3.8) is 0 Å². The molecule has 0 spiro atoms. The van der Waals surface area contributed by atoms with Crippen molar-refractivity contribution in [2.75, 3.05) is 11.9 Å². The van der Waals surface area contributed by atoms with Crippen molar-refractivity contribution < 1.29 is 18.0 Å². The van der Waals surface area contributed by atoms with Crippen LogP contribution in [0.5, 0.6) is 0 Å². The van der Waals surface area contributed by atoms with Gasteiger partial charge in [0.05, 0.1) is 12.4 Å². The molecule has 0 unspecified atom stereocenters. The van der Waals surface area contributed by atoms with Gasteiger partial charge in [-0.05, 0) is 36.2 Å². The lowest BCUT2D eigenvalue weighted by molar-refractivity contribution is 0.0949. The van der Waals surface area contributed by atoms with Gasteiger partial charge in [0.1, 0.15) is 34.7 Å². The zero-order valence-corrected chi connectivity index (χ0v) is 14.0. The van der Waals surface area contributed by atoms with Crippen LogP contribution in [0, 0.1) is 17.5 Å². The Balaban J connectivity index is 1.56. The summed E-state index contributed by atoms with van der Waals surface area (Å²) in [6.07, 6.45) is 2.95. The maximum absolute atomic E-state index is 13.6. The molecule has 2 N–H and O–H groups in total. The lowest BCUT2D eigenvalue weighted by atomic mass is 10.1. The molecule has 0 aliphatic heterocycles. The average Bonchev–Trinajstić information content (AvgIpc) is 2.67. The van der Waals surface area contributed by atoms with Gasteiger partial charge in [-0.2, -0.15) is 0 Å². The summed E-state index contributed by atoms with van der Waals surface area (Å²) in [5.41, 5.74) is 0.603. The second kappa shape index (κ2) is 8.31. The van der Waals surface area contributed by atoms with E-state index in [0.717, 1.165) is 17.7 Å². The number of hydrogen-bond acceptors (Lipinski definition) is 4. The summed E-state index contributed by atoms with van der Waals surface area (Å²) in [6, 6.07) is 9.47. The molecule has 0 radical (unpaired) electrons. The minimum Gasteiger partial charge on any atom is -0.350 e. The van der Waals surface area contributed by atoms with E-state index in [9.17, 15) is 18.0 Å². The van der Waals surface area contributed by atoms with Crippen molar-refractivity contribution in [3.05, 3.63) is 83.6 Å². The minimum absolute atomic E-state index is 0.0636. The number of nitrogens with zero attached hydrogens (tertiary/aromatic N) is 2. The molecule has 5 nitrogen and oxygen atoms in total. The van der Waals surface area contributed by atoms with Gasteiger partial charge in [0.15, 0.2) is 0 Å². The third kappa shape index (κ3) is 4.81. The fourth-order valence-corrected chi connectivity index (χ4v) is 2.32. The van der Waals surface area contributed by atoms with E-state index in [1.807, 2.05) is 0 Å². The monoisotopic (exact) mass is 372 g/mol. The molecule has 0 aliphatic rings. The summed E-state index contributed by atoms with van der Waals surface area (Å²) in [6.45, 7) is 0.340. The van der Waals surface area contributed by atoms with Gasteiger partial charge >= 0.3 is 0 Å². The van der Waals surface area contributed by atoms with E-state index in [0.29, 0.717) is 13.0 Å². The summed E-state index contributed by atoms with van der Waals surface area (Å²) in [7, 11) is 0. The molecule has 0 atom stereocenters. The minimum atomic E-state index is -0.764. The van der Waals surface area contributed by atoms with Crippen LogP contribution in [0.2, 0.25) is 0 Å². The molecule has 2 aromatic carbocycles. The van der Waals surface area contributed by atoms with Crippen molar-refractivity contribution in [1.29, 1.82) is 0 Å². The van der Waals surface area contributed by atoms with Crippen LogP contribution < -0.4 is 10.6 Å². The smallest absolute Gasteiger partial charge is 0.271 e. The second-order valence-corrected chi connectivity index (χ2v) is 5.64. The van der Waals surface area contributed by atoms with Crippen LogP contribution in [0.3, 0.4) is 0 Å². The molecular weight excluding hydrogens is 357 g/mol. The molecular formula is C19H15F3N4O. The molecule has 0 saturated carbocycles. The molecule has 3 aromatic rings. The van der Waals surface area contributed by atoms with Gasteiger partial charge in [-0.15, -0.1) is 0 Å². The standard InChI is InChI=1S/C19H15F3N4O/c20-13-6-4-12(5-7-13)8-9-23-19(27)16-10-25-17(11-24-16)26-18-14(21)2-1-3-15(18)22/h1-7,10-11H,8-9H2,(H,23,27)(H,25,26). The van der Waals surface area contributed by atoms with Gasteiger partial charge in [0, 0.05) is 6.54 Å². The quantitative estimate of drug-likeness (QED) is 0.694. The first-order valence-electron chi connectivity index (χ1n) is 8.08. The number of rotatable bonds is 6. The number of anilines is 2. The first kappa shape index (κ1) is 18.4. The van der Waals surface area contributed by atoms with Crippen LogP contribution in [-0.2, 0) is 6.42 Å². The normalized spacial score (nSPS) is 10.5. The number of amides is 1. The predicted octanol–water partition coefficient (Wildman–Crippen LogP) is 3.61. The van der Waals surface area contributed by atoms with Crippen LogP contribution in [-0.4, -0.2) is 22.4 Å². The molecule has 1 heterocycles. The summed E-state index contributed by atoms with van der Waals surface area (Å²) >= 11 is 0. The van der Waals surface area contributed by atoms with Gasteiger partial charge in [0.2, 0.25) is 0 Å². The number of benzene rings is 2. The number of para-hydroxylation sites is 1. The molecule has 8 heteroatoms. The van der Waals surface area contributed by atoms with Crippen molar-refractivity contribution in [1.82, 2.24) is 15.3 Å². The lowest BCUT2D eigenvalue weighted by Crippen LogP contribution is -2.26. The number of nitrogens with one attached hydrogen (secondary N) is 2. The molecule has 138 valence electrons. The highest BCUT2D eigenvalue weighted by Gasteiger charge is 2.11. The third-order valence-electron chi connectivity index (χ3n) is 3.71. The van der Waals surface area contributed by atoms with Crippen molar-refractivity contribution in [3.8, 4) is 0 Å². The van der Waals surface area contributed by atoms with E-state index >= 15 is 0 Å². The van der Waals surface area contributed by atoms with Gasteiger partial charge in [-0.1, -0.05) is 18.2 Å². The van der Waals surface area contributed by atoms with Gasteiger partial charge in [-0.3, -0.25) is 4.79 Å². The molecule has 27 heavy (non-hydrogen) atoms. The number of aromatic nitrogens is 2. The fourth-order valence-electron chi connectivity index (χ4n) is 2.32. The van der Waals surface area contributed by atoms with E-state index in [1.54, 1.807) is 12.1 Å². The molecule has 3 rings (SSSR count). The van der Waals surface area contributed by atoms with Crippen molar-refractivity contribution in [2.24, 2.45) is 0 Å². The molecule has 0 fully saturated rings. The molecule has 1 amide bonds. The summed E-state index contributed by atoms with van der Waals surface area (Å²) < 4.78 is 40.1. The molecule has 0 saturated heterocycles.